The number of methoxy groups -OCH3 is 2. The Hall–Kier alpha value is -16.3. The lowest BCUT2D eigenvalue weighted by molar-refractivity contribution is -0.167. The zero-order valence-electron chi connectivity index (χ0n) is 67.8. The highest BCUT2D eigenvalue weighted by Gasteiger charge is 3.04. The fourth-order valence-corrected chi connectivity index (χ4v) is 36.2. The summed E-state index contributed by atoms with van der Waals surface area (Å²) in [7, 11) is 3.02. The van der Waals surface area contributed by atoms with Gasteiger partial charge in [0.25, 0.3) is 0 Å². The normalized spacial score (nSPS) is 23.5. The van der Waals surface area contributed by atoms with Crippen molar-refractivity contribution in [1.82, 2.24) is 19.9 Å². The van der Waals surface area contributed by atoms with E-state index in [1.807, 2.05) is 36.4 Å². The molecule has 14 nitrogen and oxygen atoms in total. The molecule has 2 saturated carbocycles. The lowest BCUT2D eigenvalue weighted by Crippen LogP contribution is -2.38. The van der Waals surface area contributed by atoms with E-state index in [2.05, 4.69) is 131 Å². The molecular weight excluding hydrogens is 1610 g/mol. The Morgan fingerprint density at radius 1 is 0.262 bits per heavy atom. The van der Waals surface area contributed by atoms with Gasteiger partial charge in [0.1, 0.15) is 37.9 Å². The van der Waals surface area contributed by atoms with Crippen LogP contribution in [0.2, 0.25) is 0 Å². The molecule has 4 aliphatic heterocycles. The van der Waals surface area contributed by atoms with Gasteiger partial charge >= 0.3 is 23.9 Å². The van der Waals surface area contributed by atoms with Crippen LogP contribution in [0.25, 0.3) is 349 Å². The first-order valence-corrected chi connectivity index (χ1v) is 45.5. The molecule has 0 amide bonds. The number of carbonyl (C=O) groups excluding carboxylic acids is 4. The van der Waals surface area contributed by atoms with Crippen molar-refractivity contribution in [3.05, 3.63) is 201 Å². The highest BCUT2D eigenvalue weighted by molar-refractivity contribution is 6.78. The van der Waals surface area contributed by atoms with Crippen molar-refractivity contribution in [3.63, 3.8) is 0 Å². The van der Waals surface area contributed by atoms with E-state index in [0.29, 0.717) is 11.5 Å². The van der Waals surface area contributed by atoms with Crippen molar-refractivity contribution in [1.29, 1.82) is 0 Å². The SMILES string of the molecule is COC(=O)C12C(=O)OCCOc3cccc(c3)-c3c4nc(c(-c5ccccc5)c5ccc([nH]5)c(c5nc(c(-c6ccccc6)c6ccc3[nH]6)C=C5)-c3cccc(c3)OCCOC(=O)C3(C(=O)OC)C56c7c8c9c%10c%11c%12c(c%13c%14c5c5c7c7c%15c%16c%17c%18c%19c%20c%21c%22c%23c%24c%25c(c%16c7c7c5c5c%14c%14c%13c%13c%12c%12c%16c%11c(c9c%18c8%15)c%19c%16c%21c8c%22c9c%24c(c5c%257)c%14c9c%13c8%12)C%231C%17%202)C%1036)C=C4. The number of carbonyl (C=O) groups is 4. The predicted molar refractivity (Wildman–Crippen MR) is 509 cm³/mol. The molecule has 3 aromatic heterocycles. The van der Waals surface area contributed by atoms with Gasteiger partial charge in [-0.3, -0.25) is 19.2 Å². The van der Waals surface area contributed by atoms with Crippen LogP contribution in [-0.2, 0) is 59.8 Å². The van der Waals surface area contributed by atoms with E-state index in [9.17, 15) is 0 Å². The minimum absolute atomic E-state index is 0.0416. The summed E-state index contributed by atoms with van der Waals surface area (Å²) in [4.78, 5) is 91.1. The van der Waals surface area contributed by atoms with E-state index in [-0.39, 0.29) is 26.4 Å². The fourth-order valence-electron chi connectivity index (χ4n) is 36.2. The van der Waals surface area contributed by atoms with Crippen molar-refractivity contribution in [2.45, 2.75) is 21.7 Å². The molecule has 31 aromatic rings. The molecule has 14 heteroatoms. The minimum atomic E-state index is -2.01. The first-order valence-electron chi connectivity index (χ1n) is 45.5. The van der Waals surface area contributed by atoms with Crippen molar-refractivity contribution in [2.24, 2.45) is 10.8 Å². The van der Waals surface area contributed by atoms with E-state index >= 15 is 19.2 Å². The maximum absolute atomic E-state index is 18.2. The lowest BCUT2D eigenvalue weighted by Gasteiger charge is -2.32. The number of hydrogen-bond acceptors (Lipinski definition) is 12. The van der Waals surface area contributed by atoms with E-state index in [0.717, 1.165) is 188 Å². The Kier molecular flexibility index (Phi) is 7.46. The quantitative estimate of drug-likeness (QED) is 0.0738. The summed E-state index contributed by atoms with van der Waals surface area (Å²) in [6, 6.07) is 45.5. The summed E-state index contributed by atoms with van der Waals surface area (Å²) in [5, 5.41) is 58.6. The summed E-state index contributed by atoms with van der Waals surface area (Å²) in [5.74, 6) is -1.25. The Labute approximate surface area is 721 Å². The number of aromatic amines is 2. The molecule has 0 saturated heterocycles. The van der Waals surface area contributed by atoms with Crippen LogP contribution in [0.15, 0.2) is 133 Å². The highest BCUT2D eigenvalue weighted by atomic mass is 16.6. The standard InChI is InChI=1S/C116H42N4O10/c1-125-107(121)115-109(123)129-29-27-127-37-17-9-15-35(31-37)49-43-23-19-39(117-43)47(33-11-5-3-6-12-33)41-21-25-45(119-41)50(46-26-22-42(120-46)48(34-13-7-4-8-14-34)40-20-24-44(49)118-40)36-16-10-18-38(32-36)128-28-30-130-110(124)116(108(122)126-2)112-100-84-68-56-54-52-51-53-55-57-64-74-62(53)72(60(52)68)88(100)90(74)102-92-76(64)65-69(57)85-83-67(55)59(51)71-61(54)73-63-58(56)70-66-75(63)91-95-79-78(66)94(104(112)86(70)84)98-82(79)81-80(96(92)106(98)114(102,112)116)77(65)93-97(81)105(95)113(115)101(91)89(73)87(71)99(83)111(113,115)103(85)93/h3-26,31-32,117,120H,27-30H2,1-2H3. The highest BCUT2D eigenvalue weighted by Crippen LogP contribution is 3.00. The number of fused-ring (bicyclic) bond motifs is 12. The number of benzene rings is 20. The fraction of sp³-hybridized carbons (Fsp3) is 0.103. The Balaban J connectivity index is 0.631. The third kappa shape index (κ3) is 4.31. The monoisotopic (exact) mass is 1650 g/mol. The third-order valence-electron chi connectivity index (χ3n) is 38.1. The molecule has 2 fully saturated rings. The second kappa shape index (κ2) is 16.3. The second-order valence-corrected chi connectivity index (χ2v) is 40.7. The van der Waals surface area contributed by atoms with Gasteiger partial charge in [-0.25, -0.2) is 9.97 Å². The Morgan fingerprint density at radius 3 is 0.700 bits per heavy atom. The molecule has 28 aromatic carbocycles. The van der Waals surface area contributed by atoms with E-state index in [1.54, 1.807) is 0 Å². The second-order valence-electron chi connectivity index (χ2n) is 40.7. The number of esters is 4. The summed E-state index contributed by atoms with van der Waals surface area (Å²) < 4.78 is 42.2. The third-order valence-corrected chi connectivity index (χ3v) is 38.1. The Bertz CT molecular complexity index is 11100. The van der Waals surface area contributed by atoms with Crippen LogP contribution in [0.5, 0.6) is 11.5 Å². The van der Waals surface area contributed by atoms with Gasteiger partial charge in [-0.1, -0.05) is 84.9 Å². The maximum Gasteiger partial charge on any atom is 0.326 e. The van der Waals surface area contributed by atoms with Crippen LogP contribution < -0.4 is 9.47 Å². The number of nitrogens with one attached hydrogen (secondary N) is 2. The largest absolute Gasteiger partial charge is 0.490 e. The molecule has 6 unspecified atom stereocenters. The number of ether oxygens (including phenoxy) is 6. The first kappa shape index (κ1) is 59.6. The molecular formula is C116H42N4O10. The zero-order valence-corrected chi connectivity index (χ0v) is 67.8. The number of aromatic nitrogens is 4. The average molecular weight is 1650 g/mol. The first-order chi connectivity index (χ1) is 64.2. The molecule has 586 valence electrons. The van der Waals surface area contributed by atoms with Gasteiger partial charge in [0.05, 0.1) is 58.7 Å². The molecule has 0 radical (unpaired) electrons. The Morgan fingerprint density at radius 2 is 0.469 bits per heavy atom. The van der Waals surface area contributed by atoms with Crippen molar-refractivity contribution < 1.29 is 47.6 Å². The molecule has 4 spiro atoms. The average Bonchev–Trinajstić information content (AvgIpc) is 1.34. The molecule has 45 rings (SSSR count). The summed E-state index contributed by atoms with van der Waals surface area (Å²) in [6.07, 6.45) is 8.38. The molecule has 10 aliphatic carbocycles. The van der Waals surface area contributed by atoms with Crippen LogP contribution in [-0.4, -0.2) is 84.5 Å². The van der Waals surface area contributed by atoms with Gasteiger partial charge < -0.3 is 38.4 Å². The van der Waals surface area contributed by atoms with Gasteiger partial charge in [0, 0.05) is 44.3 Å². The summed E-state index contributed by atoms with van der Waals surface area (Å²) >= 11 is 0. The number of hydrogen-bond donors (Lipinski definition) is 2. The van der Waals surface area contributed by atoms with E-state index in [1.165, 1.54) is 219 Å². The van der Waals surface area contributed by atoms with Crippen LogP contribution in [0.3, 0.4) is 0 Å². The zero-order chi connectivity index (χ0) is 82.3. The van der Waals surface area contributed by atoms with Gasteiger partial charge in [-0.15, -0.1) is 0 Å². The van der Waals surface area contributed by atoms with Crippen LogP contribution >= 0.6 is 0 Å². The molecule has 14 aliphatic rings. The number of H-pyrrole nitrogens is 2. The summed E-state index contributed by atoms with van der Waals surface area (Å²) in [5.41, 5.74) is 12.4. The number of rotatable bonds is 4. The molecule has 2 N–H and O–H groups in total. The van der Waals surface area contributed by atoms with Crippen LogP contribution in [0, 0.1) is 10.8 Å². The molecule has 7 heterocycles. The van der Waals surface area contributed by atoms with Gasteiger partial charge in [-0.05, 0) is 398 Å². The van der Waals surface area contributed by atoms with Crippen molar-refractivity contribution in [2.75, 3.05) is 40.6 Å². The molecule has 29 bridgehead atoms. The van der Waals surface area contributed by atoms with Crippen LogP contribution in [0.4, 0.5) is 0 Å². The molecule has 130 heavy (non-hydrogen) atoms. The van der Waals surface area contributed by atoms with Gasteiger partial charge in [-0.2, -0.15) is 0 Å². The minimum Gasteiger partial charge on any atom is -0.490 e. The maximum atomic E-state index is 18.2. The lowest BCUT2D eigenvalue weighted by atomic mass is 9.67. The predicted octanol–water partition coefficient (Wildman–Crippen LogP) is 24.4. The van der Waals surface area contributed by atoms with E-state index < -0.39 is 56.4 Å². The van der Waals surface area contributed by atoms with Gasteiger partial charge in [0.15, 0.2) is 10.8 Å². The van der Waals surface area contributed by atoms with Crippen molar-refractivity contribution >= 4 is 329 Å². The van der Waals surface area contributed by atoms with Gasteiger partial charge in [0.2, 0.25) is 0 Å². The van der Waals surface area contributed by atoms with E-state index in [4.69, 9.17) is 38.4 Å². The van der Waals surface area contributed by atoms with Crippen molar-refractivity contribution in [3.8, 4) is 56.0 Å². The number of nitrogens with zero attached hydrogens (tertiary/aromatic N) is 2. The summed E-state index contributed by atoms with van der Waals surface area (Å²) in [6.45, 7) is -0.450. The topological polar surface area (TPSA) is 181 Å². The van der Waals surface area contributed by atoms with Crippen LogP contribution in [0.1, 0.15) is 67.3 Å². The molecule has 6 atom stereocenters. The smallest absolute Gasteiger partial charge is 0.326 e.